The molecule has 1 N–H and O–H groups in total. The van der Waals surface area contributed by atoms with Gasteiger partial charge in [-0.3, -0.25) is 4.79 Å². The molecule has 3 amide bonds. The minimum atomic E-state index is -0.443. The van der Waals surface area contributed by atoms with Gasteiger partial charge in [-0.05, 0) is 30.9 Å². The van der Waals surface area contributed by atoms with Gasteiger partial charge in [0.2, 0.25) is 5.91 Å². The number of piperazine rings is 1. The van der Waals surface area contributed by atoms with E-state index in [0.29, 0.717) is 26.2 Å². The van der Waals surface area contributed by atoms with Crippen LogP contribution in [0.5, 0.6) is 0 Å². The smallest absolute Gasteiger partial charge is 0.318 e. The van der Waals surface area contributed by atoms with Gasteiger partial charge in [-0.1, -0.05) is 35.9 Å². The van der Waals surface area contributed by atoms with Gasteiger partial charge in [0.05, 0.1) is 6.54 Å². The number of carbonyl (C=O) groups is 2. The second-order valence-electron chi connectivity index (χ2n) is 6.36. The number of urea groups is 1. The molecule has 0 radical (unpaired) electrons. The lowest BCUT2D eigenvalue weighted by molar-refractivity contribution is -0.139. The zero-order valence-electron chi connectivity index (χ0n) is 14.6. The predicted molar refractivity (Wildman–Crippen MR) is 99.3 cm³/mol. The normalized spacial score (nSPS) is 17.7. The number of carbonyl (C=O) groups excluding carboxylic acids is 2. The first-order valence-corrected chi connectivity index (χ1v) is 9.34. The Kier molecular flexibility index (Phi) is 5.38. The van der Waals surface area contributed by atoms with Gasteiger partial charge in [0.25, 0.3) is 0 Å². The average Bonchev–Trinajstić information content (AvgIpc) is 3.11. The molecule has 0 spiro atoms. The molecule has 0 aliphatic carbocycles. The zero-order chi connectivity index (χ0) is 17.8. The van der Waals surface area contributed by atoms with Crippen molar-refractivity contribution in [3.05, 3.63) is 57.8 Å². The standard InChI is InChI=1S/C19H23N3O2S/c1-14-5-3-6-16(11-14)13-21-8-9-22(15(2)18(21)23)19(24)20-12-17-7-4-10-25-17/h3-7,10-11,15H,8-9,12-13H2,1-2H3,(H,20,24). The zero-order valence-corrected chi connectivity index (χ0v) is 15.4. The van der Waals surface area contributed by atoms with Crippen molar-refractivity contribution in [2.75, 3.05) is 13.1 Å². The van der Waals surface area contributed by atoms with Crippen LogP contribution in [0.1, 0.15) is 22.9 Å². The van der Waals surface area contributed by atoms with Crippen molar-refractivity contribution in [1.82, 2.24) is 15.1 Å². The molecule has 1 aromatic carbocycles. The lowest BCUT2D eigenvalue weighted by Crippen LogP contribution is -2.59. The third-order valence-corrected chi connectivity index (χ3v) is 5.33. The molecule has 0 bridgehead atoms. The van der Waals surface area contributed by atoms with Crippen molar-refractivity contribution >= 4 is 23.3 Å². The summed E-state index contributed by atoms with van der Waals surface area (Å²) < 4.78 is 0. The number of hydrogen-bond donors (Lipinski definition) is 1. The molecule has 2 aromatic rings. The summed E-state index contributed by atoms with van der Waals surface area (Å²) in [5, 5.41) is 4.89. The summed E-state index contributed by atoms with van der Waals surface area (Å²) in [5.41, 5.74) is 2.31. The topological polar surface area (TPSA) is 52.6 Å². The van der Waals surface area contributed by atoms with Gasteiger partial charge in [0.15, 0.2) is 0 Å². The maximum Gasteiger partial charge on any atom is 0.318 e. The third kappa shape index (κ3) is 4.20. The predicted octanol–water partition coefficient (Wildman–Crippen LogP) is 3.00. The summed E-state index contributed by atoms with van der Waals surface area (Å²) >= 11 is 1.61. The monoisotopic (exact) mass is 357 g/mol. The van der Waals surface area contributed by atoms with E-state index >= 15 is 0 Å². The summed E-state index contributed by atoms with van der Waals surface area (Å²) in [7, 11) is 0. The van der Waals surface area contributed by atoms with E-state index in [-0.39, 0.29) is 11.9 Å². The fraction of sp³-hybridized carbons (Fsp3) is 0.368. The lowest BCUT2D eigenvalue weighted by Gasteiger charge is -2.39. The maximum atomic E-state index is 12.7. The SMILES string of the molecule is Cc1cccc(CN2CCN(C(=O)NCc3cccs3)C(C)C2=O)c1. The number of thiophene rings is 1. The molecule has 1 fully saturated rings. The molecule has 3 rings (SSSR count). The third-order valence-electron chi connectivity index (χ3n) is 4.46. The fourth-order valence-electron chi connectivity index (χ4n) is 3.07. The van der Waals surface area contributed by atoms with Gasteiger partial charge in [-0.2, -0.15) is 0 Å². The van der Waals surface area contributed by atoms with Gasteiger partial charge in [0.1, 0.15) is 6.04 Å². The van der Waals surface area contributed by atoms with E-state index in [1.165, 1.54) is 5.56 Å². The Morgan fingerprint density at radius 3 is 2.84 bits per heavy atom. The quantitative estimate of drug-likeness (QED) is 0.914. The first-order valence-electron chi connectivity index (χ1n) is 8.46. The van der Waals surface area contributed by atoms with Crippen LogP contribution in [0.4, 0.5) is 4.79 Å². The van der Waals surface area contributed by atoms with Crippen molar-refractivity contribution in [3.8, 4) is 0 Å². The molecule has 6 heteroatoms. The molecule has 25 heavy (non-hydrogen) atoms. The van der Waals surface area contributed by atoms with Crippen LogP contribution in [0.3, 0.4) is 0 Å². The minimum absolute atomic E-state index is 0.000898. The van der Waals surface area contributed by atoms with E-state index in [1.54, 1.807) is 23.2 Å². The maximum absolute atomic E-state index is 12.7. The first-order chi connectivity index (χ1) is 12.0. The summed E-state index contributed by atoms with van der Waals surface area (Å²) in [6, 6.07) is 11.5. The number of nitrogens with one attached hydrogen (secondary N) is 1. The Morgan fingerprint density at radius 1 is 1.28 bits per heavy atom. The molecule has 1 unspecified atom stereocenters. The Labute approximate surface area is 152 Å². The van der Waals surface area contributed by atoms with E-state index in [9.17, 15) is 9.59 Å². The molecule has 0 saturated carbocycles. The number of hydrogen-bond acceptors (Lipinski definition) is 3. The van der Waals surface area contributed by atoms with E-state index in [1.807, 2.05) is 47.5 Å². The van der Waals surface area contributed by atoms with E-state index in [2.05, 4.69) is 11.4 Å². The van der Waals surface area contributed by atoms with Crippen LogP contribution in [0, 0.1) is 6.92 Å². The van der Waals surface area contributed by atoms with Gasteiger partial charge >= 0.3 is 6.03 Å². The van der Waals surface area contributed by atoms with Gasteiger partial charge < -0.3 is 15.1 Å². The summed E-state index contributed by atoms with van der Waals surface area (Å²) in [6.45, 7) is 6.05. The minimum Gasteiger partial charge on any atom is -0.335 e. The largest absolute Gasteiger partial charge is 0.335 e. The van der Waals surface area contributed by atoms with Crippen molar-refractivity contribution in [1.29, 1.82) is 0 Å². The molecular formula is C19H23N3O2S. The number of aryl methyl sites for hydroxylation is 1. The van der Waals surface area contributed by atoms with E-state index in [4.69, 9.17) is 0 Å². The van der Waals surface area contributed by atoms with Crippen molar-refractivity contribution < 1.29 is 9.59 Å². The van der Waals surface area contributed by atoms with Crippen LogP contribution in [0.15, 0.2) is 41.8 Å². The number of rotatable bonds is 4. The summed E-state index contributed by atoms with van der Waals surface area (Å²) in [5.74, 6) is -0.000898. The van der Waals surface area contributed by atoms with Crippen molar-refractivity contribution in [2.24, 2.45) is 0 Å². The fourth-order valence-corrected chi connectivity index (χ4v) is 3.72. The van der Waals surface area contributed by atoms with Crippen LogP contribution in [0.25, 0.3) is 0 Å². The summed E-state index contributed by atoms with van der Waals surface area (Å²) in [6.07, 6.45) is 0. The molecule has 1 aliphatic heterocycles. The summed E-state index contributed by atoms with van der Waals surface area (Å²) in [4.78, 5) is 29.6. The number of benzene rings is 1. The van der Waals surface area contributed by atoms with E-state index < -0.39 is 6.04 Å². The van der Waals surface area contributed by atoms with Crippen LogP contribution < -0.4 is 5.32 Å². The molecule has 132 valence electrons. The second-order valence-corrected chi connectivity index (χ2v) is 7.39. The Balaban J connectivity index is 1.58. The molecule has 1 aliphatic rings. The second kappa shape index (κ2) is 7.70. The van der Waals surface area contributed by atoms with Gasteiger partial charge in [-0.15, -0.1) is 11.3 Å². The van der Waals surface area contributed by atoms with Crippen LogP contribution >= 0.6 is 11.3 Å². The Hall–Kier alpha value is -2.34. The van der Waals surface area contributed by atoms with Crippen LogP contribution in [0.2, 0.25) is 0 Å². The molecule has 1 atom stereocenters. The Bertz CT molecular complexity index is 745. The molecular weight excluding hydrogens is 334 g/mol. The number of amides is 3. The average molecular weight is 357 g/mol. The van der Waals surface area contributed by atoms with Gasteiger partial charge in [-0.25, -0.2) is 4.79 Å². The lowest BCUT2D eigenvalue weighted by atomic mass is 10.1. The van der Waals surface area contributed by atoms with Crippen molar-refractivity contribution in [3.63, 3.8) is 0 Å². The van der Waals surface area contributed by atoms with E-state index in [0.717, 1.165) is 10.4 Å². The van der Waals surface area contributed by atoms with Crippen molar-refractivity contribution in [2.45, 2.75) is 33.0 Å². The Morgan fingerprint density at radius 2 is 2.12 bits per heavy atom. The van der Waals surface area contributed by atoms with Crippen LogP contribution in [-0.4, -0.2) is 40.9 Å². The highest BCUT2D eigenvalue weighted by Gasteiger charge is 2.34. The highest BCUT2D eigenvalue weighted by molar-refractivity contribution is 7.09. The first kappa shape index (κ1) is 17.5. The highest BCUT2D eigenvalue weighted by atomic mass is 32.1. The van der Waals surface area contributed by atoms with Crippen LogP contribution in [-0.2, 0) is 17.9 Å². The van der Waals surface area contributed by atoms with Gasteiger partial charge in [0, 0.05) is 24.5 Å². The molecule has 1 aromatic heterocycles. The number of nitrogens with zero attached hydrogens (tertiary/aromatic N) is 2. The molecule has 1 saturated heterocycles. The molecule has 5 nitrogen and oxygen atoms in total. The highest BCUT2D eigenvalue weighted by Crippen LogP contribution is 2.16. The molecule has 2 heterocycles.